The molecule has 0 radical (unpaired) electrons. The van der Waals surface area contributed by atoms with Crippen molar-refractivity contribution < 1.29 is 5.11 Å². The first-order valence-corrected chi connectivity index (χ1v) is 7.08. The third-order valence-electron chi connectivity index (χ3n) is 3.08. The molecule has 1 saturated heterocycles. The predicted molar refractivity (Wildman–Crippen MR) is 72.4 cm³/mol. The maximum atomic E-state index is 9.25. The Balaban J connectivity index is 2.05. The van der Waals surface area contributed by atoms with Gasteiger partial charge in [-0.1, -0.05) is 6.07 Å². The number of benzene rings is 1. The minimum absolute atomic E-state index is 0.275. The molecule has 2 rings (SSSR count). The molecule has 0 aromatic heterocycles. The number of rotatable bonds is 3. The van der Waals surface area contributed by atoms with Crippen LogP contribution in [0, 0.1) is 0 Å². The summed E-state index contributed by atoms with van der Waals surface area (Å²) in [5.74, 6) is 0. The third kappa shape index (κ3) is 2.86. The molecular formula is C12H15Br2NO. The molecule has 0 unspecified atom stereocenters. The van der Waals surface area contributed by atoms with Crippen molar-refractivity contribution in [2.75, 3.05) is 13.2 Å². The molecule has 4 heteroatoms. The molecule has 0 amide bonds. The molecule has 0 spiro atoms. The summed E-state index contributed by atoms with van der Waals surface area (Å²) in [6.45, 7) is 2.30. The van der Waals surface area contributed by atoms with E-state index in [0.29, 0.717) is 6.04 Å². The van der Waals surface area contributed by atoms with Gasteiger partial charge in [-0.05, 0) is 68.9 Å². The summed E-state index contributed by atoms with van der Waals surface area (Å²) in [5.41, 5.74) is 1.29. The maximum absolute atomic E-state index is 9.25. The zero-order valence-corrected chi connectivity index (χ0v) is 12.2. The van der Waals surface area contributed by atoms with Crippen LogP contribution < -0.4 is 0 Å². The van der Waals surface area contributed by atoms with Gasteiger partial charge in [0.15, 0.2) is 0 Å². The second kappa shape index (κ2) is 5.63. The lowest BCUT2D eigenvalue weighted by atomic mass is 10.2. The van der Waals surface area contributed by atoms with Crippen LogP contribution in [0.4, 0.5) is 0 Å². The van der Waals surface area contributed by atoms with Crippen LogP contribution >= 0.6 is 31.9 Å². The highest BCUT2D eigenvalue weighted by Crippen LogP contribution is 2.26. The van der Waals surface area contributed by atoms with Crippen molar-refractivity contribution in [3.05, 3.63) is 32.7 Å². The van der Waals surface area contributed by atoms with Crippen LogP contribution in [0.1, 0.15) is 18.4 Å². The summed E-state index contributed by atoms with van der Waals surface area (Å²) in [5, 5.41) is 9.25. The summed E-state index contributed by atoms with van der Waals surface area (Å²) in [7, 11) is 0. The second-order valence-electron chi connectivity index (χ2n) is 4.20. The number of halogens is 2. The minimum Gasteiger partial charge on any atom is -0.395 e. The average molecular weight is 349 g/mol. The highest BCUT2D eigenvalue weighted by atomic mass is 79.9. The van der Waals surface area contributed by atoms with E-state index in [-0.39, 0.29) is 6.61 Å². The SMILES string of the molecule is OC[C@@H]1CCCN1Cc1ccc(Br)c(Br)c1. The summed E-state index contributed by atoms with van der Waals surface area (Å²) in [4.78, 5) is 2.36. The van der Waals surface area contributed by atoms with Gasteiger partial charge in [-0.25, -0.2) is 0 Å². The monoisotopic (exact) mass is 347 g/mol. The normalized spacial score (nSPS) is 21.6. The first kappa shape index (κ1) is 12.6. The predicted octanol–water partition coefficient (Wildman–Crippen LogP) is 3.17. The number of hydrogen-bond donors (Lipinski definition) is 1. The molecule has 16 heavy (non-hydrogen) atoms. The molecule has 0 saturated carbocycles. The van der Waals surface area contributed by atoms with Gasteiger partial charge >= 0.3 is 0 Å². The maximum Gasteiger partial charge on any atom is 0.0587 e. The van der Waals surface area contributed by atoms with Gasteiger partial charge in [-0.3, -0.25) is 4.90 Å². The number of aliphatic hydroxyl groups is 1. The standard InChI is InChI=1S/C12H15Br2NO/c13-11-4-3-9(6-12(11)14)7-15-5-1-2-10(15)8-16/h3-4,6,10,16H,1-2,5,7-8H2/t10-/m0/s1. The van der Waals surface area contributed by atoms with Crippen molar-refractivity contribution >= 4 is 31.9 Å². The number of likely N-dealkylation sites (tertiary alicyclic amines) is 1. The first-order valence-electron chi connectivity index (χ1n) is 5.49. The van der Waals surface area contributed by atoms with E-state index in [2.05, 4.69) is 55.0 Å². The number of nitrogens with zero attached hydrogens (tertiary/aromatic N) is 1. The molecule has 88 valence electrons. The lowest BCUT2D eigenvalue weighted by Crippen LogP contribution is -2.31. The van der Waals surface area contributed by atoms with E-state index >= 15 is 0 Å². The Kier molecular flexibility index (Phi) is 4.41. The van der Waals surface area contributed by atoms with Crippen LogP contribution in [0.3, 0.4) is 0 Å². The molecule has 1 aliphatic heterocycles. The fourth-order valence-electron chi connectivity index (χ4n) is 2.18. The van der Waals surface area contributed by atoms with Gasteiger partial charge in [0.05, 0.1) is 6.61 Å². The molecule has 2 nitrogen and oxygen atoms in total. The molecule has 1 fully saturated rings. The van der Waals surface area contributed by atoms with E-state index in [1.807, 2.05) is 0 Å². The van der Waals surface area contributed by atoms with E-state index in [1.165, 1.54) is 12.0 Å². The van der Waals surface area contributed by atoms with Crippen molar-refractivity contribution in [2.45, 2.75) is 25.4 Å². The zero-order valence-electron chi connectivity index (χ0n) is 9.00. The molecule has 1 atom stereocenters. The Hall–Kier alpha value is 0.1000. The summed E-state index contributed by atoms with van der Waals surface area (Å²) in [6.07, 6.45) is 2.32. The lowest BCUT2D eigenvalue weighted by Gasteiger charge is -2.22. The second-order valence-corrected chi connectivity index (χ2v) is 5.91. The van der Waals surface area contributed by atoms with Gasteiger partial charge in [-0.2, -0.15) is 0 Å². The fourth-order valence-corrected chi connectivity index (χ4v) is 2.86. The van der Waals surface area contributed by atoms with Crippen molar-refractivity contribution in [3.63, 3.8) is 0 Å². The van der Waals surface area contributed by atoms with Crippen LogP contribution in [0.5, 0.6) is 0 Å². The molecule has 1 N–H and O–H groups in total. The Morgan fingerprint density at radius 3 is 2.81 bits per heavy atom. The Bertz CT molecular complexity index is 370. The fraction of sp³-hybridized carbons (Fsp3) is 0.500. The molecular weight excluding hydrogens is 334 g/mol. The van der Waals surface area contributed by atoms with Crippen LogP contribution in [-0.4, -0.2) is 29.2 Å². The Morgan fingerprint density at radius 2 is 2.12 bits per heavy atom. The molecule has 1 aromatic carbocycles. The highest BCUT2D eigenvalue weighted by molar-refractivity contribution is 9.13. The van der Waals surface area contributed by atoms with Crippen molar-refractivity contribution in [3.8, 4) is 0 Å². The Morgan fingerprint density at radius 1 is 1.31 bits per heavy atom. The van der Waals surface area contributed by atoms with E-state index in [0.717, 1.165) is 28.5 Å². The van der Waals surface area contributed by atoms with E-state index in [9.17, 15) is 5.11 Å². The number of hydrogen-bond acceptors (Lipinski definition) is 2. The van der Waals surface area contributed by atoms with Crippen LogP contribution in [-0.2, 0) is 6.54 Å². The Labute approximate surface area is 113 Å². The van der Waals surface area contributed by atoms with Gasteiger partial charge in [0.1, 0.15) is 0 Å². The van der Waals surface area contributed by atoms with Gasteiger partial charge in [0.2, 0.25) is 0 Å². The van der Waals surface area contributed by atoms with Gasteiger partial charge < -0.3 is 5.11 Å². The van der Waals surface area contributed by atoms with Crippen LogP contribution in [0.25, 0.3) is 0 Å². The summed E-state index contributed by atoms with van der Waals surface area (Å²) < 4.78 is 2.17. The average Bonchev–Trinajstić information content (AvgIpc) is 2.71. The molecule has 1 aliphatic rings. The molecule has 0 bridgehead atoms. The first-order chi connectivity index (χ1) is 7.70. The summed E-state index contributed by atoms with van der Waals surface area (Å²) >= 11 is 6.98. The van der Waals surface area contributed by atoms with Gasteiger partial charge in [-0.15, -0.1) is 0 Å². The smallest absolute Gasteiger partial charge is 0.0587 e. The third-order valence-corrected chi connectivity index (χ3v) is 4.96. The van der Waals surface area contributed by atoms with Crippen molar-refractivity contribution in [1.82, 2.24) is 4.90 Å². The van der Waals surface area contributed by atoms with Crippen molar-refractivity contribution in [1.29, 1.82) is 0 Å². The molecule has 1 aromatic rings. The van der Waals surface area contributed by atoms with Crippen LogP contribution in [0.2, 0.25) is 0 Å². The molecule has 0 aliphatic carbocycles. The highest BCUT2D eigenvalue weighted by Gasteiger charge is 2.23. The van der Waals surface area contributed by atoms with Gasteiger partial charge in [0.25, 0.3) is 0 Å². The molecule has 1 heterocycles. The zero-order chi connectivity index (χ0) is 11.5. The lowest BCUT2D eigenvalue weighted by molar-refractivity contribution is 0.153. The topological polar surface area (TPSA) is 23.5 Å². The van der Waals surface area contributed by atoms with E-state index in [4.69, 9.17) is 0 Å². The quantitative estimate of drug-likeness (QED) is 0.906. The van der Waals surface area contributed by atoms with Crippen molar-refractivity contribution in [2.24, 2.45) is 0 Å². The van der Waals surface area contributed by atoms with E-state index in [1.54, 1.807) is 0 Å². The minimum atomic E-state index is 0.275. The number of aliphatic hydroxyl groups excluding tert-OH is 1. The van der Waals surface area contributed by atoms with E-state index < -0.39 is 0 Å². The largest absolute Gasteiger partial charge is 0.395 e. The summed E-state index contributed by atoms with van der Waals surface area (Å²) in [6, 6.07) is 6.67. The van der Waals surface area contributed by atoms with Crippen LogP contribution in [0.15, 0.2) is 27.1 Å². The van der Waals surface area contributed by atoms with Gasteiger partial charge in [0, 0.05) is 21.5 Å².